The Morgan fingerprint density at radius 3 is 2.76 bits per heavy atom. The zero-order chi connectivity index (χ0) is 12.9. The highest BCUT2D eigenvalue weighted by molar-refractivity contribution is 4.82. The van der Waals surface area contributed by atoms with Crippen LogP contribution in [0.3, 0.4) is 0 Å². The Kier molecular flexibility index (Phi) is 5.86. The van der Waals surface area contributed by atoms with Crippen LogP contribution in [-0.2, 0) is 4.74 Å². The summed E-state index contributed by atoms with van der Waals surface area (Å²) in [6.07, 6.45) is 1.09. The second-order valence-corrected chi connectivity index (χ2v) is 5.80. The minimum Gasteiger partial charge on any atom is -0.389 e. The van der Waals surface area contributed by atoms with Crippen molar-refractivity contribution >= 4 is 0 Å². The highest BCUT2D eigenvalue weighted by atomic mass is 16.5. The van der Waals surface area contributed by atoms with Gasteiger partial charge in [-0.15, -0.1) is 0 Å². The van der Waals surface area contributed by atoms with Crippen molar-refractivity contribution in [2.24, 2.45) is 5.92 Å². The standard InChI is InChI=1S/C13H28N2O2/c1-5-14-12-6-7-17-9-11(12)8-15(4)10-13(2,3)16/h11-12,14,16H,5-10H2,1-4H3. The highest BCUT2D eigenvalue weighted by Crippen LogP contribution is 2.16. The van der Waals surface area contributed by atoms with Gasteiger partial charge in [0.1, 0.15) is 0 Å². The lowest BCUT2D eigenvalue weighted by atomic mass is 9.94. The van der Waals surface area contributed by atoms with Crippen LogP contribution in [0.25, 0.3) is 0 Å². The molecule has 0 aromatic rings. The molecule has 0 saturated carbocycles. The Balaban J connectivity index is 2.41. The Labute approximate surface area is 105 Å². The Bertz CT molecular complexity index is 214. The monoisotopic (exact) mass is 244 g/mol. The lowest BCUT2D eigenvalue weighted by Crippen LogP contribution is -2.48. The molecule has 2 N–H and O–H groups in total. The summed E-state index contributed by atoms with van der Waals surface area (Å²) in [5.74, 6) is 0.524. The van der Waals surface area contributed by atoms with Crippen LogP contribution in [0.15, 0.2) is 0 Å². The van der Waals surface area contributed by atoms with Gasteiger partial charge in [0.25, 0.3) is 0 Å². The van der Waals surface area contributed by atoms with Crippen molar-refractivity contribution in [3.63, 3.8) is 0 Å². The molecule has 1 aliphatic heterocycles. The smallest absolute Gasteiger partial charge is 0.0718 e. The number of hydrogen-bond donors (Lipinski definition) is 2. The van der Waals surface area contributed by atoms with Crippen LogP contribution in [0.4, 0.5) is 0 Å². The van der Waals surface area contributed by atoms with Crippen molar-refractivity contribution in [3.8, 4) is 0 Å². The molecule has 0 aromatic heterocycles. The van der Waals surface area contributed by atoms with Crippen molar-refractivity contribution < 1.29 is 9.84 Å². The van der Waals surface area contributed by atoms with E-state index >= 15 is 0 Å². The van der Waals surface area contributed by atoms with Gasteiger partial charge in [-0.25, -0.2) is 0 Å². The molecule has 0 aromatic carbocycles. The SMILES string of the molecule is CCNC1CCOCC1CN(C)CC(C)(C)O. The van der Waals surface area contributed by atoms with E-state index in [4.69, 9.17) is 4.74 Å². The maximum absolute atomic E-state index is 9.80. The summed E-state index contributed by atoms with van der Waals surface area (Å²) in [5.41, 5.74) is -0.627. The Hall–Kier alpha value is -0.160. The molecule has 1 rings (SSSR count). The van der Waals surface area contributed by atoms with E-state index in [-0.39, 0.29) is 0 Å². The molecular weight excluding hydrogens is 216 g/mol. The van der Waals surface area contributed by atoms with Crippen LogP contribution in [0.5, 0.6) is 0 Å². The fourth-order valence-corrected chi connectivity index (χ4v) is 2.63. The molecule has 4 heteroatoms. The first kappa shape index (κ1) is 14.9. The molecular formula is C13H28N2O2. The average molecular weight is 244 g/mol. The Morgan fingerprint density at radius 1 is 1.47 bits per heavy atom. The van der Waals surface area contributed by atoms with Gasteiger partial charge < -0.3 is 20.1 Å². The van der Waals surface area contributed by atoms with E-state index in [1.165, 1.54) is 0 Å². The van der Waals surface area contributed by atoms with E-state index in [1.807, 2.05) is 13.8 Å². The van der Waals surface area contributed by atoms with Crippen molar-refractivity contribution in [2.45, 2.75) is 38.8 Å². The lowest BCUT2D eigenvalue weighted by Gasteiger charge is -2.36. The third-order valence-corrected chi connectivity index (χ3v) is 3.14. The van der Waals surface area contributed by atoms with E-state index in [2.05, 4.69) is 24.2 Å². The third kappa shape index (κ3) is 5.82. The van der Waals surface area contributed by atoms with E-state index in [1.54, 1.807) is 0 Å². The summed E-state index contributed by atoms with van der Waals surface area (Å²) in [5, 5.41) is 13.3. The second kappa shape index (κ2) is 6.69. The number of nitrogens with zero attached hydrogens (tertiary/aromatic N) is 1. The highest BCUT2D eigenvalue weighted by Gasteiger charge is 2.27. The lowest BCUT2D eigenvalue weighted by molar-refractivity contribution is 0.000822. The molecule has 1 heterocycles. The maximum atomic E-state index is 9.80. The fourth-order valence-electron chi connectivity index (χ4n) is 2.63. The first-order valence-electron chi connectivity index (χ1n) is 6.64. The van der Waals surface area contributed by atoms with Crippen LogP contribution >= 0.6 is 0 Å². The van der Waals surface area contributed by atoms with Crippen LogP contribution in [0.2, 0.25) is 0 Å². The van der Waals surface area contributed by atoms with Crippen molar-refractivity contribution in [1.29, 1.82) is 0 Å². The van der Waals surface area contributed by atoms with E-state index in [0.29, 0.717) is 18.5 Å². The normalized spacial score (nSPS) is 26.5. The second-order valence-electron chi connectivity index (χ2n) is 5.80. The summed E-state index contributed by atoms with van der Waals surface area (Å²) in [7, 11) is 2.07. The molecule has 2 atom stereocenters. The number of rotatable bonds is 6. The van der Waals surface area contributed by atoms with E-state index in [9.17, 15) is 5.11 Å². The molecule has 1 aliphatic rings. The predicted octanol–water partition coefficient (Wildman–Crippen LogP) is 0.704. The van der Waals surface area contributed by atoms with Gasteiger partial charge in [-0.3, -0.25) is 0 Å². The van der Waals surface area contributed by atoms with Gasteiger partial charge in [-0.1, -0.05) is 6.92 Å². The van der Waals surface area contributed by atoms with Gasteiger partial charge in [0, 0.05) is 31.7 Å². The predicted molar refractivity (Wildman–Crippen MR) is 70.2 cm³/mol. The average Bonchev–Trinajstić information content (AvgIpc) is 2.18. The molecule has 1 saturated heterocycles. The summed E-state index contributed by atoms with van der Waals surface area (Å²) in [6.45, 7) is 10.2. The first-order chi connectivity index (χ1) is 7.92. The molecule has 0 bridgehead atoms. The zero-order valence-electron chi connectivity index (χ0n) is 11.7. The van der Waals surface area contributed by atoms with Gasteiger partial charge in [0.2, 0.25) is 0 Å². The number of aliphatic hydroxyl groups is 1. The summed E-state index contributed by atoms with van der Waals surface area (Å²) in [6, 6.07) is 0.554. The fraction of sp³-hybridized carbons (Fsp3) is 1.00. The minimum atomic E-state index is -0.627. The molecule has 0 spiro atoms. The topological polar surface area (TPSA) is 44.7 Å². The van der Waals surface area contributed by atoms with Gasteiger partial charge in [0.05, 0.1) is 12.2 Å². The van der Waals surface area contributed by atoms with Gasteiger partial charge in [-0.05, 0) is 33.9 Å². The quantitative estimate of drug-likeness (QED) is 0.722. The maximum Gasteiger partial charge on any atom is 0.0718 e. The zero-order valence-corrected chi connectivity index (χ0v) is 11.7. The molecule has 2 unspecified atom stereocenters. The number of likely N-dealkylation sites (N-methyl/N-ethyl adjacent to an activating group) is 1. The molecule has 17 heavy (non-hydrogen) atoms. The number of nitrogens with one attached hydrogen (secondary N) is 1. The van der Waals surface area contributed by atoms with Gasteiger partial charge in [0.15, 0.2) is 0 Å². The Morgan fingerprint density at radius 2 is 2.18 bits per heavy atom. The van der Waals surface area contributed by atoms with Crippen LogP contribution < -0.4 is 5.32 Å². The van der Waals surface area contributed by atoms with Crippen molar-refractivity contribution in [1.82, 2.24) is 10.2 Å². The third-order valence-electron chi connectivity index (χ3n) is 3.14. The number of ether oxygens (including phenoxy) is 1. The molecule has 4 nitrogen and oxygen atoms in total. The van der Waals surface area contributed by atoms with E-state index in [0.717, 1.165) is 32.7 Å². The van der Waals surface area contributed by atoms with Crippen molar-refractivity contribution in [3.05, 3.63) is 0 Å². The molecule has 0 amide bonds. The molecule has 1 fully saturated rings. The number of hydrogen-bond acceptors (Lipinski definition) is 4. The summed E-state index contributed by atoms with van der Waals surface area (Å²) in [4.78, 5) is 2.20. The summed E-state index contributed by atoms with van der Waals surface area (Å²) < 4.78 is 5.56. The van der Waals surface area contributed by atoms with Crippen LogP contribution in [0, 0.1) is 5.92 Å². The van der Waals surface area contributed by atoms with Gasteiger partial charge >= 0.3 is 0 Å². The largest absolute Gasteiger partial charge is 0.389 e. The first-order valence-corrected chi connectivity index (χ1v) is 6.64. The molecule has 0 radical (unpaired) electrons. The van der Waals surface area contributed by atoms with Crippen LogP contribution in [-0.4, -0.2) is 61.5 Å². The molecule has 0 aliphatic carbocycles. The van der Waals surface area contributed by atoms with Crippen LogP contribution in [0.1, 0.15) is 27.2 Å². The summed E-state index contributed by atoms with van der Waals surface area (Å²) >= 11 is 0. The molecule has 102 valence electrons. The minimum absolute atomic E-state index is 0.524. The van der Waals surface area contributed by atoms with E-state index < -0.39 is 5.60 Å². The van der Waals surface area contributed by atoms with Crippen molar-refractivity contribution in [2.75, 3.05) is 39.9 Å². The van der Waals surface area contributed by atoms with Gasteiger partial charge in [-0.2, -0.15) is 0 Å².